The highest BCUT2D eigenvalue weighted by molar-refractivity contribution is 6.31. The molecule has 0 fully saturated rings. The number of nitrogens with zero attached hydrogens (tertiary/aromatic N) is 4. The van der Waals surface area contributed by atoms with E-state index < -0.39 is 5.91 Å². The molecule has 2 aromatic rings. The number of hydrogen-bond acceptors (Lipinski definition) is 6. The first-order valence-electron chi connectivity index (χ1n) is 8.87. The van der Waals surface area contributed by atoms with Gasteiger partial charge in [0.05, 0.1) is 36.8 Å². The van der Waals surface area contributed by atoms with Crippen molar-refractivity contribution >= 4 is 29.4 Å². The highest BCUT2D eigenvalue weighted by Crippen LogP contribution is 2.21. The minimum atomic E-state index is -0.574. The van der Waals surface area contributed by atoms with Crippen molar-refractivity contribution in [2.24, 2.45) is 5.10 Å². The van der Waals surface area contributed by atoms with E-state index in [1.54, 1.807) is 0 Å². The lowest BCUT2D eigenvalue weighted by molar-refractivity contribution is 0.0952. The number of hydrogen-bond donors (Lipinski definition) is 2. The predicted octanol–water partition coefficient (Wildman–Crippen LogP) is 3.75. The molecule has 0 aliphatic heterocycles. The topological polar surface area (TPSA) is 113 Å². The number of rotatable bonds is 8. The van der Waals surface area contributed by atoms with Gasteiger partial charge in [-0.1, -0.05) is 17.7 Å². The smallest absolute Gasteiger partial charge is 0.275 e. The maximum absolute atomic E-state index is 12.1. The average molecular weight is 410 g/mol. The third-order valence-corrected chi connectivity index (χ3v) is 4.41. The minimum Gasteiger partial charge on any atom is -0.507 e. The maximum atomic E-state index is 12.1. The summed E-state index contributed by atoms with van der Waals surface area (Å²) in [6.45, 7) is 3.00. The van der Waals surface area contributed by atoms with Crippen LogP contribution in [0.1, 0.15) is 34.3 Å². The first kappa shape index (κ1) is 21.7. The molecule has 0 unspecified atom stereocenters. The molecule has 0 saturated heterocycles. The lowest BCUT2D eigenvalue weighted by Gasteiger charge is -2.23. The van der Waals surface area contributed by atoms with E-state index in [0.717, 1.165) is 16.8 Å². The van der Waals surface area contributed by atoms with Gasteiger partial charge in [-0.05, 0) is 48.4 Å². The molecule has 0 radical (unpaired) electrons. The number of hydrazone groups is 1. The van der Waals surface area contributed by atoms with Crippen molar-refractivity contribution in [3.8, 4) is 17.9 Å². The van der Waals surface area contributed by atoms with Crippen molar-refractivity contribution in [2.75, 3.05) is 18.0 Å². The number of phenols is 1. The molecule has 0 aliphatic rings. The number of aromatic hydroxyl groups is 1. The molecule has 8 heteroatoms. The highest BCUT2D eigenvalue weighted by Gasteiger charge is 2.11. The quantitative estimate of drug-likeness (QED) is 0.509. The summed E-state index contributed by atoms with van der Waals surface area (Å²) in [6, 6.07) is 14.1. The maximum Gasteiger partial charge on any atom is 0.275 e. The Morgan fingerprint density at radius 3 is 2.52 bits per heavy atom. The number of anilines is 1. The Hall–Kier alpha value is -3.55. The van der Waals surface area contributed by atoms with Gasteiger partial charge in [0.2, 0.25) is 0 Å². The normalized spacial score (nSPS) is 10.3. The second kappa shape index (κ2) is 10.7. The van der Waals surface area contributed by atoms with Gasteiger partial charge in [-0.2, -0.15) is 15.6 Å². The Morgan fingerprint density at radius 1 is 1.21 bits per heavy atom. The van der Waals surface area contributed by atoms with E-state index in [1.165, 1.54) is 24.4 Å². The molecule has 148 valence electrons. The zero-order valence-corrected chi connectivity index (χ0v) is 16.6. The number of nitriles is 2. The fourth-order valence-electron chi connectivity index (χ4n) is 2.65. The van der Waals surface area contributed by atoms with Crippen molar-refractivity contribution in [1.82, 2.24) is 5.43 Å². The van der Waals surface area contributed by atoms with E-state index in [0.29, 0.717) is 31.0 Å². The minimum absolute atomic E-state index is 0.0346. The number of halogens is 1. The molecule has 1 amide bonds. The van der Waals surface area contributed by atoms with Crippen LogP contribution >= 0.6 is 11.6 Å². The number of nitrogens with one attached hydrogen (secondary N) is 1. The first-order valence-corrected chi connectivity index (χ1v) is 9.25. The third-order valence-electron chi connectivity index (χ3n) is 4.18. The number of benzene rings is 2. The molecule has 0 aromatic heterocycles. The molecule has 0 spiro atoms. The van der Waals surface area contributed by atoms with E-state index in [2.05, 4.69) is 22.7 Å². The second-order valence-electron chi connectivity index (χ2n) is 6.20. The van der Waals surface area contributed by atoms with Crippen molar-refractivity contribution in [1.29, 1.82) is 10.5 Å². The van der Waals surface area contributed by atoms with Crippen LogP contribution in [0, 0.1) is 29.6 Å². The summed E-state index contributed by atoms with van der Waals surface area (Å²) in [5.41, 5.74) is 5.03. The standard InChI is InChI=1S/C21H20ClN5O2/c1-15-12-18(27(10-2-8-23)11-3-9-24)6-4-16(15)14-25-26-21(29)19-13-17(22)5-7-20(19)28/h4-7,12-14,28H,2-3,10-11H2,1H3,(H,26,29). The van der Waals surface area contributed by atoms with Gasteiger partial charge in [0.15, 0.2) is 0 Å². The molecule has 29 heavy (non-hydrogen) atoms. The fraction of sp³-hybridized carbons (Fsp3) is 0.238. The highest BCUT2D eigenvalue weighted by atomic mass is 35.5. The molecule has 0 atom stereocenters. The monoisotopic (exact) mass is 409 g/mol. The van der Waals surface area contributed by atoms with Crippen molar-refractivity contribution in [3.63, 3.8) is 0 Å². The van der Waals surface area contributed by atoms with Gasteiger partial charge in [0.1, 0.15) is 5.75 Å². The Kier molecular flexibility index (Phi) is 8.02. The van der Waals surface area contributed by atoms with Crippen LogP contribution < -0.4 is 10.3 Å². The van der Waals surface area contributed by atoms with Gasteiger partial charge >= 0.3 is 0 Å². The van der Waals surface area contributed by atoms with Crippen LogP contribution in [0.25, 0.3) is 0 Å². The van der Waals surface area contributed by atoms with Crippen molar-refractivity contribution in [3.05, 3.63) is 58.1 Å². The summed E-state index contributed by atoms with van der Waals surface area (Å²) in [4.78, 5) is 14.1. The summed E-state index contributed by atoms with van der Waals surface area (Å²) in [5, 5.41) is 31.7. The molecule has 2 N–H and O–H groups in total. The van der Waals surface area contributed by atoms with Gasteiger partial charge in [-0.15, -0.1) is 0 Å². The predicted molar refractivity (Wildman–Crippen MR) is 112 cm³/mol. The Morgan fingerprint density at radius 2 is 1.90 bits per heavy atom. The molecule has 2 aromatic carbocycles. The number of amides is 1. The number of aryl methyl sites for hydroxylation is 1. The molecule has 0 heterocycles. The zero-order valence-electron chi connectivity index (χ0n) is 15.9. The summed E-state index contributed by atoms with van der Waals surface area (Å²) in [5.74, 6) is -0.757. The summed E-state index contributed by atoms with van der Waals surface area (Å²) < 4.78 is 0. The van der Waals surface area contributed by atoms with Gasteiger partial charge in [-0.25, -0.2) is 5.43 Å². The fourth-order valence-corrected chi connectivity index (χ4v) is 2.82. The third kappa shape index (κ3) is 6.24. The van der Waals surface area contributed by atoms with Gasteiger partial charge in [0.25, 0.3) is 5.91 Å². The number of carbonyl (C=O) groups is 1. The summed E-state index contributed by atoms with van der Waals surface area (Å²) in [7, 11) is 0. The molecule has 7 nitrogen and oxygen atoms in total. The Labute approximate surface area is 174 Å². The number of carbonyl (C=O) groups excluding carboxylic acids is 1. The second-order valence-corrected chi connectivity index (χ2v) is 6.64. The summed E-state index contributed by atoms with van der Waals surface area (Å²) in [6.07, 6.45) is 2.25. The van der Waals surface area contributed by atoms with Crippen LogP contribution in [0.5, 0.6) is 5.75 Å². The van der Waals surface area contributed by atoms with Crippen LogP contribution in [-0.4, -0.2) is 30.3 Å². The SMILES string of the molecule is Cc1cc(N(CCC#N)CCC#N)ccc1C=NNC(=O)c1cc(Cl)ccc1O. The largest absolute Gasteiger partial charge is 0.507 e. The van der Waals surface area contributed by atoms with Crippen LogP contribution in [0.3, 0.4) is 0 Å². The van der Waals surface area contributed by atoms with E-state index in [1.807, 2.05) is 30.0 Å². The molecule has 2 rings (SSSR count). The summed E-state index contributed by atoms with van der Waals surface area (Å²) >= 11 is 5.85. The molecule has 0 saturated carbocycles. The lowest BCUT2D eigenvalue weighted by Crippen LogP contribution is -2.25. The number of phenolic OH excluding ortho intramolecular Hbond substituents is 1. The van der Waals surface area contributed by atoms with Crippen LogP contribution in [-0.2, 0) is 0 Å². The molecular formula is C21H20ClN5O2. The van der Waals surface area contributed by atoms with Gasteiger partial charge in [0, 0.05) is 23.8 Å². The van der Waals surface area contributed by atoms with Crippen molar-refractivity contribution < 1.29 is 9.90 Å². The average Bonchev–Trinajstić information content (AvgIpc) is 2.71. The van der Waals surface area contributed by atoms with E-state index in [4.69, 9.17) is 22.1 Å². The van der Waals surface area contributed by atoms with Crippen LogP contribution in [0.15, 0.2) is 41.5 Å². The van der Waals surface area contributed by atoms with Gasteiger partial charge < -0.3 is 10.0 Å². The molecular weight excluding hydrogens is 390 g/mol. The van der Waals surface area contributed by atoms with E-state index in [9.17, 15) is 9.90 Å². The molecule has 0 bridgehead atoms. The Bertz CT molecular complexity index is 974. The van der Waals surface area contributed by atoms with Crippen molar-refractivity contribution in [2.45, 2.75) is 19.8 Å². The Balaban J connectivity index is 2.09. The zero-order chi connectivity index (χ0) is 21.2. The van der Waals surface area contributed by atoms with Crippen LogP contribution in [0.2, 0.25) is 5.02 Å². The first-order chi connectivity index (χ1) is 14.0. The molecule has 0 aliphatic carbocycles. The van der Waals surface area contributed by atoms with E-state index in [-0.39, 0.29) is 11.3 Å². The van der Waals surface area contributed by atoms with E-state index >= 15 is 0 Å². The van der Waals surface area contributed by atoms with Crippen LogP contribution in [0.4, 0.5) is 5.69 Å². The van der Waals surface area contributed by atoms with Gasteiger partial charge in [-0.3, -0.25) is 4.79 Å². The lowest BCUT2D eigenvalue weighted by atomic mass is 10.1.